The Balaban J connectivity index is 2.95. The summed E-state index contributed by atoms with van der Waals surface area (Å²) in [6.07, 6.45) is 0. The van der Waals surface area contributed by atoms with Gasteiger partial charge in [-0.3, -0.25) is 0 Å². The maximum absolute atomic E-state index is 13.1. The van der Waals surface area contributed by atoms with Gasteiger partial charge in [0.2, 0.25) is 0 Å². The Morgan fingerprint density at radius 2 is 2.15 bits per heavy atom. The van der Waals surface area contributed by atoms with Gasteiger partial charge < -0.3 is 5.73 Å². The van der Waals surface area contributed by atoms with Gasteiger partial charge in [-0.15, -0.1) is 11.3 Å². The van der Waals surface area contributed by atoms with Crippen LogP contribution in [0.3, 0.4) is 0 Å². The maximum Gasteiger partial charge on any atom is 0.148 e. The van der Waals surface area contributed by atoms with E-state index in [0.29, 0.717) is 10.4 Å². The number of rotatable bonds is 0. The lowest BCUT2D eigenvalue weighted by molar-refractivity contribution is 0.634. The van der Waals surface area contributed by atoms with E-state index in [2.05, 4.69) is 0 Å². The third-order valence-electron chi connectivity index (χ3n) is 1.87. The minimum Gasteiger partial charge on any atom is -0.396 e. The molecule has 2 rings (SSSR count). The minimum absolute atomic E-state index is 0.184. The van der Waals surface area contributed by atoms with Gasteiger partial charge in [0.25, 0.3) is 0 Å². The molecule has 68 valence electrons. The van der Waals surface area contributed by atoms with Crippen molar-refractivity contribution in [1.82, 2.24) is 0 Å². The predicted octanol–water partition coefficient (Wildman–Crippen LogP) is 3.58. The molecule has 0 saturated carbocycles. The standard InChI is InChI=1S/C9H7ClFNS/c1-4-2-5-8(12)7(11)3-6(10)9(5)13-4/h2-3H,12H2,1H3. The monoisotopic (exact) mass is 215 g/mol. The fourth-order valence-corrected chi connectivity index (χ4v) is 2.52. The summed E-state index contributed by atoms with van der Waals surface area (Å²) in [5, 5.41) is 1.15. The number of halogens is 2. The Labute approximate surface area is 83.9 Å². The fourth-order valence-electron chi connectivity index (χ4n) is 1.27. The van der Waals surface area contributed by atoms with E-state index in [0.717, 1.165) is 9.58 Å². The average Bonchev–Trinajstić information content (AvgIpc) is 2.44. The molecule has 0 radical (unpaired) electrons. The normalized spacial score (nSPS) is 11.0. The van der Waals surface area contributed by atoms with Crippen LogP contribution in [0.5, 0.6) is 0 Å². The lowest BCUT2D eigenvalue weighted by atomic mass is 10.2. The number of anilines is 1. The predicted molar refractivity (Wildman–Crippen MR) is 55.9 cm³/mol. The van der Waals surface area contributed by atoms with Gasteiger partial charge in [-0.1, -0.05) is 11.6 Å². The van der Waals surface area contributed by atoms with Crippen LogP contribution in [0.4, 0.5) is 10.1 Å². The summed E-state index contributed by atoms with van der Waals surface area (Å²) in [6.45, 7) is 1.94. The lowest BCUT2D eigenvalue weighted by Crippen LogP contribution is -1.90. The quantitative estimate of drug-likeness (QED) is 0.668. The minimum atomic E-state index is -0.449. The van der Waals surface area contributed by atoms with Crippen molar-refractivity contribution in [2.75, 3.05) is 5.73 Å². The van der Waals surface area contributed by atoms with Crippen molar-refractivity contribution in [3.05, 3.63) is 27.8 Å². The molecule has 0 bridgehead atoms. The molecule has 0 aliphatic carbocycles. The van der Waals surface area contributed by atoms with E-state index >= 15 is 0 Å². The highest BCUT2D eigenvalue weighted by Gasteiger charge is 2.10. The van der Waals surface area contributed by atoms with Crippen LogP contribution in [-0.2, 0) is 0 Å². The van der Waals surface area contributed by atoms with E-state index in [1.165, 1.54) is 17.4 Å². The number of hydrogen-bond acceptors (Lipinski definition) is 2. The number of nitrogens with two attached hydrogens (primary N) is 1. The van der Waals surface area contributed by atoms with Crippen molar-refractivity contribution < 1.29 is 4.39 Å². The molecule has 0 spiro atoms. The molecule has 13 heavy (non-hydrogen) atoms. The van der Waals surface area contributed by atoms with Crippen LogP contribution in [0.1, 0.15) is 4.88 Å². The van der Waals surface area contributed by atoms with Gasteiger partial charge in [0.05, 0.1) is 15.4 Å². The SMILES string of the molecule is Cc1cc2c(N)c(F)cc(Cl)c2s1. The number of thiophene rings is 1. The number of fused-ring (bicyclic) bond motifs is 1. The highest BCUT2D eigenvalue weighted by Crippen LogP contribution is 2.36. The van der Waals surface area contributed by atoms with Crippen LogP contribution in [0.2, 0.25) is 5.02 Å². The molecule has 0 atom stereocenters. The van der Waals surface area contributed by atoms with E-state index in [4.69, 9.17) is 17.3 Å². The molecule has 2 N–H and O–H groups in total. The Kier molecular flexibility index (Phi) is 1.93. The second-order valence-corrected chi connectivity index (χ2v) is 4.52. The fraction of sp³-hybridized carbons (Fsp3) is 0.111. The highest BCUT2D eigenvalue weighted by atomic mass is 35.5. The van der Waals surface area contributed by atoms with Crippen LogP contribution in [0, 0.1) is 12.7 Å². The summed E-state index contributed by atoms with van der Waals surface area (Å²) in [4.78, 5) is 1.08. The number of benzene rings is 1. The van der Waals surface area contributed by atoms with E-state index < -0.39 is 5.82 Å². The molecule has 0 unspecified atom stereocenters. The summed E-state index contributed by atoms with van der Waals surface area (Å²) in [6, 6.07) is 3.11. The second kappa shape index (κ2) is 2.86. The smallest absolute Gasteiger partial charge is 0.148 e. The largest absolute Gasteiger partial charge is 0.396 e. The molecule has 2 aromatic rings. The summed E-state index contributed by atoms with van der Waals surface area (Å²) < 4.78 is 14.0. The number of nitrogen functional groups attached to an aromatic ring is 1. The van der Waals surface area contributed by atoms with Crippen LogP contribution in [0.25, 0.3) is 10.1 Å². The Hall–Kier alpha value is -0.800. The highest BCUT2D eigenvalue weighted by molar-refractivity contribution is 7.19. The van der Waals surface area contributed by atoms with Gasteiger partial charge >= 0.3 is 0 Å². The Morgan fingerprint density at radius 3 is 2.85 bits per heavy atom. The van der Waals surface area contributed by atoms with Gasteiger partial charge in [0, 0.05) is 10.3 Å². The first-order valence-electron chi connectivity index (χ1n) is 3.73. The molecule has 1 heterocycles. The number of hydrogen-bond donors (Lipinski definition) is 1. The summed E-state index contributed by atoms with van der Waals surface area (Å²) >= 11 is 7.39. The van der Waals surface area contributed by atoms with Gasteiger partial charge in [0.1, 0.15) is 5.82 Å². The second-order valence-electron chi connectivity index (χ2n) is 2.85. The lowest BCUT2D eigenvalue weighted by Gasteiger charge is -1.99. The third-order valence-corrected chi connectivity index (χ3v) is 3.37. The van der Waals surface area contributed by atoms with Gasteiger partial charge in [0.15, 0.2) is 0 Å². The van der Waals surface area contributed by atoms with Crippen LogP contribution in [0.15, 0.2) is 12.1 Å². The van der Waals surface area contributed by atoms with Gasteiger partial charge in [-0.25, -0.2) is 4.39 Å². The number of aryl methyl sites for hydroxylation is 1. The molecule has 0 aliphatic heterocycles. The summed E-state index contributed by atoms with van der Waals surface area (Å²) in [5.41, 5.74) is 5.76. The van der Waals surface area contributed by atoms with E-state index in [1.54, 1.807) is 0 Å². The first-order chi connectivity index (χ1) is 6.09. The first-order valence-corrected chi connectivity index (χ1v) is 4.92. The van der Waals surface area contributed by atoms with E-state index in [1.807, 2.05) is 13.0 Å². The zero-order valence-electron chi connectivity index (χ0n) is 6.90. The zero-order chi connectivity index (χ0) is 9.59. The van der Waals surface area contributed by atoms with Gasteiger partial charge in [-0.05, 0) is 19.1 Å². The van der Waals surface area contributed by atoms with Crippen molar-refractivity contribution in [3.63, 3.8) is 0 Å². The molecule has 0 aliphatic rings. The first kappa shape index (κ1) is 8.78. The van der Waals surface area contributed by atoms with Crippen molar-refractivity contribution >= 4 is 38.7 Å². The summed E-state index contributed by atoms with van der Waals surface area (Å²) in [5.74, 6) is -0.449. The van der Waals surface area contributed by atoms with Crippen LogP contribution < -0.4 is 5.73 Å². The molecule has 1 aromatic heterocycles. The zero-order valence-corrected chi connectivity index (χ0v) is 8.47. The van der Waals surface area contributed by atoms with Crippen LogP contribution in [-0.4, -0.2) is 0 Å². The molecule has 4 heteroatoms. The van der Waals surface area contributed by atoms with Crippen molar-refractivity contribution in [3.8, 4) is 0 Å². The van der Waals surface area contributed by atoms with E-state index in [9.17, 15) is 4.39 Å². The molecule has 0 fully saturated rings. The topological polar surface area (TPSA) is 26.0 Å². The van der Waals surface area contributed by atoms with Crippen molar-refractivity contribution in [1.29, 1.82) is 0 Å². The summed E-state index contributed by atoms with van der Waals surface area (Å²) in [7, 11) is 0. The van der Waals surface area contributed by atoms with Crippen molar-refractivity contribution in [2.24, 2.45) is 0 Å². The Morgan fingerprint density at radius 1 is 1.46 bits per heavy atom. The third kappa shape index (κ3) is 1.28. The molecule has 1 aromatic carbocycles. The molecule has 1 nitrogen and oxygen atoms in total. The molecular formula is C9H7ClFNS. The Bertz CT molecular complexity index is 478. The molecule has 0 saturated heterocycles. The average molecular weight is 216 g/mol. The van der Waals surface area contributed by atoms with Gasteiger partial charge in [-0.2, -0.15) is 0 Å². The van der Waals surface area contributed by atoms with Crippen LogP contribution >= 0.6 is 22.9 Å². The molecular weight excluding hydrogens is 209 g/mol. The maximum atomic E-state index is 13.1. The van der Waals surface area contributed by atoms with E-state index in [-0.39, 0.29) is 5.69 Å². The van der Waals surface area contributed by atoms with Crippen molar-refractivity contribution in [2.45, 2.75) is 6.92 Å². The molecule has 0 amide bonds.